The van der Waals surface area contributed by atoms with E-state index in [0.717, 1.165) is 41.9 Å². The smallest absolute Gasteiger partial charge is 0.230 e. The van der Waals surface area contributed by atoms with Crippen LogP contribution in [0.15, 0.2) is 45.5 Å². The fourth-order valence-electron chi connectivity index (χ4n) is 1.43. The van der Waals surface area contributed by atoms with E-state index >= 15 is 0 Å². The van der Waals surface area contributed by atoms with Crippen molar-refractivity contribution in [2.24, 2.45) is 0 Å². The molecule has 0 fully saturated rings. The molecule has 108 valence electrons. The summed E-state index contributed by atoms with van der Waals surface area (Å²) in [5.41, 5.74) is 0. The number of anilines is 1. The van der Waals surface area contributed by atoms with Gasteiger partial charge in [0.05, 0.1) is 11.2 Å². The Morgan fingerprint density at radius 3 is 2.15 bits per heavy atom. The molecule has 0 bridgehead atoms. The van der Waals surface area contributed by atoms with Crippen molar-refractivity contribution in [1.29, 1.82) is 0 Å². The summed E-state index contributed by atoms with van der Waals surface area (Å²) in [6.45, 7) is 0. The second-order valence-electron chi connectivity index (χ2n) is 3.95. The number of hydrogen-bond acceptors (Lipinski definition) is 5. The van der Waals surface area contributed by atoms with Crippen LogP contribution < -0.4 is 4.72 Å². The summed E-state index contributed by atoms with van der Waals surface area (Å²) in [6, 6.07) is 7.09. The maximum atomic E-state index is 12.8. The number of sulfone groups is 1. The fourth-order valence-corrected chi connectivity index (χ4v) is 4.95. The first-order chi connectivity index (χ1) is 9.18. The highest BCUT2D eigenvalue weighted by Crippen LogP contribution is 2.31. The second kappa shape index (κ2) is 5.15. The fraction of sp³-hybridized carbons (Fsp3) is 0.0909. The van der Waals surface area contributed by atoms with Gasteiger partial charge in [0.25, 0.3) is 0 Å². The van der Waals surface area contributed by atoms with E-state index < -0.39 is 25.7 Å². The van der Waals surface area contributed by atoms with E-state index in [2.05, 4.69) is 4.72 Å². The molecule has 0 aliphatic carbocycles. The molecule has 2 aromatic rings. The monoisotopic (exact) mass is 335 g/mol. The Morgan fingerprint density at radius 2 is 1.60 bits per heavy atom. The van der Waals surface area contributed by atoms with E-state index in [1.807, 2.05) is 0 Å². The molecule has 1 N–H and O–H groups in total. The molecule has 0 saturated heterocycles. The first kappa shape index (κ1) is 14.9. The number of sulfonamides is 1. The van der Waals surface area contributed by atoms with Gasteiger partial charge in [-0.05, 0) is 36.4 Å². The predicted molar refractivity (Wildman–Crippen MR) is 74.6 cm³/mol. The van der Waals surface area contributed by atoms with Crippen molar-refractivity contribution in [2.75, 3.05) is 11.0 Å². The number of benzene rings is 1. The van der Waals surface area contributed by atoms with Gasteiger partial charge in [0.1, 0.15) is 15.0 Å². The molecule has 0 atom stereocenters. The molecule has 5 nitrogen and oxygen atoms in total. The molecule has 0 unspecified atom stereocenters. The largest absolute Gasteiger partial charge is 0.275 e. The molecule has 1 heterocycles. The van der Waals surface area contributed by atoms with E-state index in [-0.39, 0.29) is 14.1 Å². The van der Waals surface area contributed by atoms with Gasteiger partial charge in [-0.1, -0.05) is 0 Å². The van der Waals surface area contributed by atoms with Crippen LogP contribution in [0.5, 0.6) is 0 Å². The van der Waals surface area contributed by atoms with Crippen molar-refractivity contribution in [1.82, 2.24) is 0 Å². The summed E-state index contributed by atoms with van der Waals surface area (Å²) in [5, 5.41) is 0.202. The van der Waals surface area contributed by atoms with Gasteiger partial charge < -0.3 is 0 Å². The van der Waals surface area contributed by atoms with E-state index in [9.17, 15) is 21.2 Å². The summed E-state index contributed by atoms with van der Waals surface area (Å²) in [6.07, 6.45) is 0.973. The SMILES string of the molecule is CS(=O)(=O)Nc1ccc(S(=O)(=O)c2ccc(F)cc2)s1. The Bertz CT molecular complexity index is 823. The molecule has 2 rings (SSSR count). The molecular formula is C11H10FNO4S3. The minimum Gasteiger partial charge on any atom is -0.275 e. The molecule has 0 saturated carbocycles. The van der Waals surface area contributed by atoms with Crippen LogP contribution in [0.4, 0.5) is 9.39 Å². The third-order valence-electron chi connectivity index (χ3n) is 2.26. The quantitative estimate of drug-likeness (QED) is 0.868. The lowest BCUT2D eigenvalue weighted by molar-refractivity contribution is 0.596. The van der Waals surface area contributed by atoms with Crippen LogP contribution in [0.25, 0.3) is 0 Å². The average molecular weight is 335 g/mol. The normalized spacial score (nSPS) is 12.3. The first-order valence-electron chi connectivity index (χ1n) is 5.27. The standard InChI is InChI=1S/C11H10FNO4S3/c1-19(14,15)13-10-6-7-11(18-10)20(16,17)9-4-2-8(12)3-5-9/h2-7,13H,1H3. The van der Waals surface area contributed by atoms with E-state index in [1.54, 1.807) is 0 Å². The molecule has 20 heavy (non-hydrogen) atoms. The van der Waals surface area contributed by atoms with Crippen LogP contribution in [0.3, 0.4) is 0 Å². The first-order valence-corrected chi connectivity index (χ1v) is 9.46. The molecule has 9 heteroatoms. The lowest BCUT2D eigenvalue weighted by atomic mass is 10.4. The van der Waals surface area contributed by atoms with Crippen molar-refractivity contribution < 1.29 is 21.2 Å². The maximum absolute atomic E-state index is 12.8. The number of hydrogen-bond donors (Lipinski definition) is 1. The van der Waals surface area contributed by atoms with Gasteiger partial charge in [0.15, 0.2) is 0 Å². The van der Waals surface area contributed by atoms with Crippen LogP contribution in [0, 0.1) is 5.82 Å². The van der Waals surface area contributed by atoms with E-state index in [4.69, 9.17) is 0 Å². The molecule has 0 aliphatic heterocycles. The zero-order valence-electron chi connectivity index (χ0n) is 10.2. The molecule has 0 spiro atoms. The van der Waals surface area contributed by atoms with Crippen molar-refractivity contribution in [3.63, 3.8) is 0 Å². The summed E-state index contributed by atoms with van der Waals surface area (Å²) >= 11 is 0.794. The van der Waals surface area contributed by atoms with Gasteiger partial charge in [-0.3, -0.25) is 4.72 Å². The topological polar surface area (TPSA) is 80.3 Å². The molecule has 0 amide bonds. The van der Waals surface area contributed by atoms with Gasteiger partial charge in [0, 0.05) is 0 Å². The van der Waals surface area contributed by atoms with Crippen molar-refractivity contribution in [2.45, 2.75) is 9.10 Å². The number of rotatable bonds is 4. The van der Waals surface area contributed by atoms with Crippen LogP contribution in [-0.4, -0.2) is 23.1 Å². The van der Waals surface area contributed by atoms with Crippen LogP contribution >= 0.6 is 11.3 Å². The van der Waals surface area contributed by atoms with E-state index in [1.165, 1.54) is 12.1 Å². The summed E-state index contributed by atoms with van der Waals surface area (Å²) < 4.78 is 61.6. The highest BCUT2D eigenvalue weighted by atomic mass is 32.2. The number of thiophene rings is 1. The van der Waals surface area contributed by atoms with Crippen molar-refractivity contribution in [3.8, 4) is 0 Å². The van der Waals surface area contributed by atoms with Crippen molar-refractivity contribution in [3.05, 3.63) is 42.2 Å². The lowest BCUT2D eigenvalue weighted by Crippen LogP contribution is -2.07. The molecule has 1 aromatic heterocycles. The summed E-state index contributed by atoms with van der Waals surface area (Å²) in [7, 11) is -7.24. The zero-order chi connectivity index (χ0) is 15.0. The maximum Gasteiger partial charge on any atom is 0.230 e. The highest BCUT2D eigenvalue weighted by molar-refractivity contribution is 7.94. The van der Waals surface area contributed by atoms with Gasteiger partial charge in [-0.25, -0.2) is 21.2 Å². The predicted octanol–water partition coefficient (Wildman–Crippen LogP) is 2.09. The third-order valence-corrected chi connectivity index (χ3v) is 6.24. The summed E-state index contributed by atoms with van der Waals surface area (Å²) in [4.78, 5) is -0.0494. The van der Waals surface area contributed by atoms with Gasteiger partial charge >= 0.3 is 0 Å². The third kappa shape index (κ3) is 3.35. The Kier molecular flexibility index (Phi) is 3.85. The minimum atomic E-state index is -3.77. The molecule has 0 aliphatic rings. The van der Waals surface area contributed by atoms with Crippen LogP contribution in [0.1, 0.15) is 0 Å². The Morgan fingerprint density at radius 1 is 1.00 bits per heavy atom. The lowest BCUT2D eigenvalue weighted by Gasteiger charge is -2.01. The number of halogens is 1. The van der Waals surface area contributed by atoms with Crippen LogP contribution in [0.2, 0.25) is 0 Å². The van der Waals surface area contributed by atoms with Crippen LogP contribution in [-0.2, 0) is 19.9 Å². The summed E-state index contributed by atoms with van der Waals surface area (Å²) in [5.74, 6) is -0.533. The highest BCUT2D eigenvalue weighted by Gasteiger charge is 2.20. The molecular weight excluding hydrogens is 325 g/mol. The second-order valence-corrected chi connectivity index (χ2v) is 8.96. The minimum absolute atomic E-state index is 0.0183. The van der Waals surface area contributed by atoms with Gasteiger partial charge in [-0.2, -0.15) is 0 Å². The molecule has 0 radical (unpaired) electrons. The Labute approximate surface area is 120 Å². The van der Waals surface area contributed by atoms with E-state index in [0.29, 0.717) is 0 Å². The number of nitrogens with one attached hydrogen (secondary N) is 1. The average Bonchev–Trinajstić information content (AvgIpc) is 2.76. The van der Waals surface area contributed by atoms with Gasteiger partial charge in [-0.15, -0.1) is 11.3 Å². The zero-order valence-corrected chi connectivity index (χ0v) is 12.6. The van der Waals surface area contributed by atoms with Gasteiger partial charge in [0.2, 0.25) is 19.9 Å². The van der Waals surface area contributed by atoms with Crippen molar-refractivity contribution >= 4 is 36.2 Å². The Hall–Kier alpha value is -1.45. The molecule has 1 aromatic carbocycles. The Balaban J connectivity index is 2.38.